The molecule has 1 saturated heterocycles. The van der Waals surface area contributed by atoms with Crippen molar-refractivity contribution in [2.45, 2.75) is 44.2 Å². The van der Waals surface area contributed by atoms with Gasteiger partial charge in [-0.1, -0.05) is 11.6 Å². The van der Waals surface area contributed by atoms with Gasteiger partial charge in [-0.2, -0.15) is 10.4 Å². The van der Waals surface area contributed by atoms with Crippen LogP contribution in [0.3, 0.4) is 0 Å². The number of amides is 2. The van der Waals surface area contributed by atoms with Gasteiger partial charge in [-0.05, 0) is 73.4 Å². The Morgan fingerprint density at radius 2 is 2.08 bits per heavy atom. The van der Waals surface area contributed by atoms with Crippen molar-refractivity contribution >= 4 is 29.2 Å². The van der Waals surface area contributed by atoms with E-state index >= 15 is 0 Å². The SMILES string of the molecule is COc1cc([C@H](C)n2cc(C(=O)NC3CC(c4cc(Cl)ccc4C#N)C3)cn2)cnc1N1C[C@H]2C[C@H]2C1=O. The molecule has 3 heterocycles. The highest BCUT2D eigenvalue weighted by Crippen LogP contribution is 2.48. The Morgan fingerprint density at radius 1 is 1.26 bits per heavy atom. The van der Waals surface area contributed by atoms with Gasteiger partial charge in [-0.15, -0.1) is 0 Å². The van der Waals surface area contributed by atoms with Gasteiger partial charge < -0.3 is 10.1 Å². The topological polar surface area (TPSA) is 113 Å². The maximum atomic E-state index is 12.9. The number of hydrogen-bond donors (Lipinski definition) is 1. The van der Waals surface area contributed by atoms with Gasteiger partial charge in [0.05, 0.1) is 36.5 Å². The molecular weight excluding hydrogens is 504 g/mol. The molecule has 1 N–H and O–H groups in total. The monoisotopic (exact) mass is 530 g/mol. The molecule has 0 spiro atoms. The predicted molar refractivity (Wildman–Crippen MR) is 140 cm³/mol. The third kappa shape index (κ3) is 4.29. The molecule has 1 aromatic carbocycles. The minimum Gasteiger partial charge on any atom is -0.493 e. The number of piperidine rings is 1. The van der Waals surface area contributed by atoms with E-state index in [0.717, 1.165) is 30.4 Å². The lowest BCUT2D eigenvalue weighted by molar-refractivity contribution is -0.118. The van der Waals surface area contributed by atoms with Crippen molar-refractivity contribution in [1.82, 2.24) is 20.1 Å². The molecule has 0 bridgehead atoms. The van der Waals surface area contributed by atoms with Gasteiger partial charge in [0.1, 0.15) is 0 Å². The van der Waals surface area contributed by atoms with Crippen LogP contribution in [0.25, 0.3) is 0 Å². The number of methoxy groups -OCH3 is 1. The number of fused-ring (bicyclic) bond motifs is 1. The van der Waals surface area contributed by atoms with Crippen LogP contribution in [0, 0.1) is 23.2 Å². The van der Waals surface area contributed by atoms with E-state index < -0.39 is 0 Å². The number of ether oxygens (including phenoxy) is 1. The molecule has 1 aliphatic heterocycles. The number of anilines is 1. The summed E-state index contributed by atoms with van der Waals surface area (Å²) in [6, 6.07) is 9.24. The van der Waals surface area contributed by atoms with E-state index in [4.69, 9.17) is 16.3 Å². The first kappa shape index (κ1) is 24.4. The van der Waals surface area contributed by atoms with Crippen molar-refractivity contribution in [3.8, 4) is 11.8 Å². The number of halogens is 1. The first-order valence-corrected chi connectivity index (χ1v) is 13.1. The van der Waals surface area contributed by atoms with E-state index in [0.29, 0.717) is 40.2 Å². The van der Waals surface area contributed by atoms with Crippen LogP contribution in [0.2, 0.25) is 5.02 Å². The number of nitriles is 1. The summed E-state index contributed by atoms with van der Waals surface area (Å²) in [6.45, 7) is 2.66. The summed E-state index contributed by atoms with van der Waals surface area (Å²) < 4.78 is 7.29. The fourth-order valence-electron chi connectivity index (χ4n) is 5.55. The first-order valence-electron chi connectivity index (χ1n) is 12.8. The Balaban J connectivity index is 1.09. The Morgan fingerprint density at radius 3 is 2.79 bits per heavy atom. The largest absolute Gasteiger partial charge is 0.493 e. The van der Waals surface area contributed by atoms with Gasteiger partial charge in [-0.3, -0.25) is 19.2 Å². The molecule has 0 radical (unpaired) electrons. The standard InChI is InChI=1S/C28H27ClN6O3/c1-15(18-8-25(38-2)26(31-11-18)34-13-19-7-24(19)28(34)37)35-14-20(12-32-35)27(36)33-22-5-17(6-22)23-9-21(29)4-3-16(23)10-30/h3-4,8-9,11-12,14-15,17,19,22,24H,5-7,13H2,1-2H3,(H,33,36)/t15-,17?,19+,22?,24+/m0/s1. The molecule has 38 heavy (non-hydrogen) atoms. The number of hydrogen-bond acceptors (Lipinski definition) is 6. The third-order valence-corrected chi connectivity index (χ3v) is 8.28. The van der Waals surface area contributed by atoms with E-state index in [1.807, 2.05) is 19.1 Å². The fourth-order valence-corrected chi connectivity index (χ4v) is 5.73. The molecule has 3 fully saturated rings. The minimum atomic E-state index is -0.199. The predicted octanol–water partition coefficient (Wildman–Crippen LogP) is 4.08. The number of nitrogens with zero attached hydrogens (tertiary/aromatic N) is 5. The molecule has 3 aliphatic rings. The second-order valence-electron chi connectivity index (χ2n) is 10.4. The van der Waals surface area contributed by atoms with Gasteiger partial charge in [-0.25, -0.2) is 4.98 Å². The first-order chi connectivity index (χ1) is 18.4. The van der Waals surface area contributed by atoms with E-state index in [-0.39, 0.29) is 35.7 Å². The lowest BCUT2D eigenvalue weighted by atomic mass is 9.74. The van der Waals surface area contributed by atoms with Gasteiger partial charge in [0.25, 0.3) is 5.91 Å². The summed E-state index contributed by atoms with van der Waals surface area (Å²) in [5.74, 6) is 1.83. The molecule has 3 atom stereocenters. The summed E-state index contributed by atoms with van der Waals surface area (Å²) in [5, 5.41) is 17.5. The highest BCUT2D eigenvalue weighted by Gasteiger charge is 2.53. The van der Waals surface area contributed by atoms with Gasteiger partial charge in [0.2, 0.25) is 5.91 Å². The molecule has 2 saturated carbocycles. The van der Waals surface area contributed by atoms with E-state index in [1.165, 1.54) is 0 Å². The number of pyridine rings is 1. The zero-order valence-electron chi connectivity index (χ0n) is 21.1. The molecular formula is C28H27ClN6O3. The lowest BCUT2D eigenvalue weighted by Crippen LogP contribution is -2.43. The Kier molecular flexibility index (Phi) is 6.07. The molecule has 194 valence electrons. The van der Waals surface area contributed by atoms with Gasteiger partial charge in [0.15, 0.2) is 11.6 Å². The maximum Gasteiger partial charge on any atom is 0.254 e. The molecule has 2 aromatic heterocycles. The van der Waals surface area contributed by atoms with Crippen LogP contribution in [0.1, 0.15) is 65.2 Å². The third-order valence-electron chi connectivity index (χ3n) is 8.04. The van der Waals surface area contributed by atoms with Crippen LogP contribution in [-0.2, 0) is 4.79 Å². The van der Waals surface area contributed by atoms with Gasteiger partial charge >= 0.3 is 0 Å². The summed E-state index contributed by atoms with van der Waals surface area (Å²) in [5.41, 5.74) is 2.89. The number of benzene rings is 1. The fraction of sp³-hybridized carbons (Fsp3) is 0.393. The number of carbonyl (C=O) groups excluding carboxylic acids is 2. The average Bonchev–Trinajstić information content (AvgIpc) is 3.36. The van der Waals surface area contributed by atoms with Crippen LogP contribution in [-0.4, -0.2) is 46.3 Å². The molecule has 2 aliphatic carbocycles. The molecule has 9 nitrogen and oxygen atoms in total. The van der Waals surface area contributed by atoms with Crippen molar-refractivity contribution in [3.63, 3.8) is 0 Å². The number of nitrogens with one attached hydrogen (secondary N) is 1. The Hall–Kier alpha value is -3.90. The van der Waals surface area contributed by atoms with E-state index in [2.05, 4.69) is 21.5 Å². The van der Waals surface area contributed by atoms with Crippen LogP contribution < -0.4 is 15.0 Å². The lowest BCUT2D eigenvalue weighted by Gasteiger charge is -2.36. The number of carbonyl (C=O) groups is 2. The Labute approximate surface area is 225 Å². The zero-order chi connectivity index (χ0) is 26.6. The van der Waals surface area contributed by atoms with Crippen molar-refractivity contribution in [2.24, 2.45) is 11.8 Å². The Bertz CT molecular complexity index is 1470. The molecule has 0 unspecified atom stereocenters. The highest BCUT2D eigenvalue weighted by atomic mass is 35.5. The molecule has 6 rings (SSSR count). The molecule has 2 amide bonds. The van der Waals surface area contributed by atoms with Crippen LogP contribution in [0.15, 0.2) is 42.9 Å². The van der Waals surface area contributed by atoms with Crippen LogP contribution >= 0.6 is 11.6 Å². The summed E-state index contributed by atoms with van der Waals surface area (Å²) >= 11 is 6.12. The van der Waals surface area contributed by atoms with Crippen LogP contribution in [0.5, 0.6) is 5.75 Å². The number of rotatable bonds is 7. The summed E-state index contributed by atoms with van der Waals surface area (Å²) in [6.07, 6.45) is 7.50. The summed E-state index contributed by atoms with van der Waals surface area (Å²) in [4.78, 5) is 31.7. The molecule has 3 aromatic rings. The van der Waals surface area contributed by atoms with Gasteiger partial charge in [0, 0.05) is 35.9 Å². The normalized spacial score (nSPS) is 24.3. The summed E-state index contributed by atoms with van der Waals surface area (Å²) in [7, 11) is 1.57. The van der Waals surface area contributed by atoms with Crippen molar-refractivity contribution in [3.05, 3.63) is 70.1 Å². The minimum absolute atomic E-state index is 0.0270. The molecule has 10 heteroatoms. The average molecular weight is 531 g/mol. The quantitative estimate of drug-likeness (QED) is 0.492. The smallest absolute Gasteiger partial charge is 0.254 e. The second-order valence-corrected chi connectivity index (χ2v) is 10.8. The number of aromatic nitrogens is 3. The zero-order valence-corrected chi connectivity index (χ0v) is 21.9. The van der Waals surface area contributed by atoms with E-state index in [9.17, 15) is 14.9 Å². The van der Waals surface area contributed by atoms with E-state index in [1.54, 1.807) is 47.4 Å². The second kappa shape index (κ2) is 9.44. The van der Waals surface area contributed by atoms with Crippen molar-refractivity contribution < 1.29 is 14.3 Å². The van der Waals surface area contributed by atoms with Crippen molar-refractivity contribution in [1.29, 1.82) is 5.26 Å². The van der Waals surface area contributed by atoms with Crippen molar-refractivity contribution in [2.75, 3.05) is 18.6 Å². The van der Waals surface area contributed by atoms with Crippen LogP contribution in [0.4, 0.5) is 5.82 Å². The maximum absolute atomic E-state index is 12.9. The highest BCUT2D eigenvalue weighted by molar-refractivity contribution is 6.30.